The summed E-state index contributed by atoms with van der Waals surface area (Å²) in [4.78, 5) is 7.05. The van der Waals surface area contributed by atoms with Gasteiger partial charge in [-0.05, 0) is 113 Å². The number of fused-ring (bicyclic) bond motifs is 2. The number of thiophene rings is 2. The van der Waals surface area contributed by atoms with E-state index in [4.69, 9.17) is 4.74 Å². The fourth-order valence-corrected chi connectivity index (χ4v) is 9.44. The Bertz CT molecular complexity index is 2630. The Kier molecular flexibility index (Phi) is 7.86. The summed E-state index contributed by atoms with van der Waals surface area (Å²) < 4.78 is 6.74. The van der Waals surface area contributed by atoms with E-state index in [-0.39, 0.29) is 0 Å². The van der Waals surface area contributed by atoms with Gasteiger partial charge in [-0.3, -0.25) is 0 Å². The Morgan fingerprint density at radius 3 is 1.42 bits per heavy atom. The van der Waals surface area contributed by atoms with E-state index in [1.807, 2.05) is 0 Å². The van der Waals surface area contributed by atoms with Gasteiger partial charge in [0.15, 0.2) is 0 Å². The summed E-state index contributed by atoms with van der Waals surface area (Å²) >= 11 is 3.59. The largest absolute Gasteiger partial charge is 0.456 e. The van der Waals surface area contributed by atoms with Crippen LogP contribution in [0.3, 0.4) is 0 Å². The molecule has 10 rings (SSSR count). The molecule has 2 aromatic heterocycles. The van der Waals surface area contributed by atoms with Crippen molar-refractivity contribution in [2.75, 3.05) is 9.80 Å². The second kappa shape index (κ2) is 13.3. The highest BCUT2D eigenvalue weighted by Gasteiger charge is 2.24. The number of ether oxygens (including phenoxy) is 1. The van der Waals surface area contributed by atoms with Crippen LogP contribution in [0.1, 0.15) is 0 Å². The first-order valence-corrected chi connectivity index (χ1v) is 19.3. The maximum atomic E-state index is 6.74. The fourth-order valence-electron chi connectivity index (χ4n) is 7.31. The van der Waals surface area contributed by atoms with Gasteiger partial charge in [-0.2, -0.15) is 0 Å². The molecule has 3 heterocycles. The van der Waals surface area contributed by atoms with E-state index in [9.17, 15) is 0 Å². The SMILES string of the molecule is c1ccc(N(c2ccccc2)c2ccc(-c3ccc4c(c3)Oc3cccc5c(-c6ccc(N(c7ccccc7)c7ccccc7)s6)ccc-4c35)s2)cc1. The molecule has 0 saturated heterocycles. The van der Waals surface area contributed by atoms with E-state index in [2.05, 4.69) is 204 Å². The van der Waals surface area contributed by atoms with Crippen molar-refractivity contribution in [3.05, 3.63) is 194 Å². The summed E-state index contributed by atoms with van der Waals surface area (Å²) in [5.74, 6) is 1.77. The van der Waals surface area contributed by atoms with Crippen LogP contribution in [-0.4, -0.2) is 0 Å². The zero-order valence-electron chi connectivity index (χ0n) is 28.6. The quantitative estimate of drug-likeness (QED) is 0.156. The average Bonchev–Trinajstić information content (AvgIpc) is 3.91. The van der Waals surface area contributed by atoms with Gasteiger partial charge >= 0.3 is 0 Å². The summed E-state index contributed by atoms with van der Waals surface area (Å²) in [7, 11) is 0. The molecular formula is C48H32N2OS2. The molecule has 53 heavy (non-hydrogen) atoms. The third-order valence-corrected chi connectivity index (χ3v) is 11.9. The third-order valence-electron chi connectivity index (χ3n) is 9.73. The fraction of sp³-hybridized carbons (Fsp3) is 0. The van der Waals surface area contributed by atoms with Crippen LogP contribution in [0.25, 0.3) is 42.8 Å². The van der Waals surface area contributed by atoms with Gasteiger partial charge < -0.3 is 14.5 Å². The molecule has 3 nitrogen and oxygen atoms in total. The Labute approximate surface area is 316 Å². The lowest BCUT2D eigenvalue weighted by atomic mass is 9.91. The van der Waals surface area contributed by atoms with Crippen molar-refractivity contribution in [1.82, 2.24) is 0 Å². The summed E-state index contributed by atoms with van der Waals surface area (Å²) in [6.45, 7) is 0. The molecule has 252 valence electrons. The molecule has 0 radical (unpaired) electrons. The van der Waals surface area contributed by atoms with Crippen LogP contribution >= 0.6 is 22.7 Å². The summed E-state index contributed by atoms with van der Waals surface area (Å²) in [6, 6.07) is 68.8. The van der Waals surface area contributed by atoms with E-state index >= 15 is 0 Å². The number of hydrogen-bond donors (Lipinski definition) is 0. The zero-order chi connectivity index (χ0) is 35.1. The van der Waals surface area contributed by atoms with Gasteiger partial charge in [-0.15, -0.1) is 22.7 Å². The van der Waals surface area contributed by atoms with Crippen molar-refractivity contribution < 1.29 is 4.74 Å². The van der Waals surface area contributed by atoms with Crippen LogP contribution in [-0.2, 0) is 0 Å². The molecule has 0 bridgehead atoms. The molecule has 0 unspecified atom stereocenters. The van der Waals surface area contributed by atoms with Crippen LogP contribution < -0.4 is 14.5 Å². The van der Waals surface area contributed by atoms with Gasteiger partial charge in [0, 0.05) is 43.5 Å². The second-order valence-corrected chi connectivity index (χ2v) is 15.1. The minimum absolute atomic E-state index is 0.882. The highest BCUT2D eigenvalue weighted by molar-refractivity contribution is 7.20. The lowest BCUT2D eigenvalue weighted by molar-refractivity contribution is 0.487. The molecule has 0 spiro atoms. The highest BCUT2D eigenvalue weighted by atomic mass is 32.1. The van der Waals surface area contributed by atoms with Crippen molar-refractivity contribution in [1.29, 1.82) is 0 Å². The Morgan fingerprint density at radius 2 is 0.849 bits per heavy atom. The molecule has 9 aromatic rings. The predicted molar refractivity (Wildman–Crippen MR) is 225 cm³/mol. The van der Waals surface area contributed by atoms with E-state index < -0.39 is 0 Å². The summed E-state index contributed by atoms with van der Waals surface area (Å²) in [5, 5.41) is 4.67. The predicted octanol–water partition coefficient (Wildman–Crippen LogP) is 15.0. The lowest BCUT2D eigenvalue weighted by Gasteiger charge is -2.24. The molecule has 0 N–H and O–H groups in total. The minimum atomic E-state index is 0.882. The Balaban J connectivity index is 1.00. The lowest BCUT2D eigenvalue weighted by Crippen LogP contribution is -2.07. The second-order valence-electron chi connectivity index (χ2n) is 12.9. The van der Waals surface area contributed by atoms with Crippen molar-refractivity contribution >= 4 is 66.2 Å². The monoisotopic (exact) mass is 716 g/mol. The van der Waals surface area contributed by atoms with Crippen LogP contribution in [0.15, 0.2) is 194 Å². The number of benzene rings is 7. The molecule has 0 amide bonds. The average molecular weight is 717 g/mol. The first-order chi connectivity index (χ1) is 26.3. The standard InChI is InChI=1S/C48H32N2OS2/c1-5-14-34(15-6-1)49(35-16-7-2-8-17-35)46-30-28-44(52-46)33-24-25-38-41-27-26-39(40-22-13-23-42(48(40)41)51-43(38)32-33)45-29-31-47(53-45)50(36-18-9-3-10-19-36)37-20-11-4-12-21-37/h1-32H. The van der Waals surface area contributed by atoms with Crippen LogP contribution in [0, 0.1) is 0 Å². The van der Waals surface area contributed by atoms with E-state index in [1.54, 1.807) is 22.7 Å². The van der Waals surface area contributed by atoms with E-state index in [0.717, 1.165) is 55.8 Å². The maximum Gasteiger partial charge on any atom is 0.135 e. The van der Waals surface area contributed by atoms with Gasteiger partial charge in [-0.1, -0.05) is 103 Å². The number of anilines is 6. The molecule has 1 aliphatic rings. The third kappa shape index (κ3) is 5.67. The topological polar surface area (TPSA) is 15.7 Å². The molecule has 5 heteroatoms. The first kappa shape index (κ1) is 31.3. The molecule has 0 aliphatic carbocycles. The van der Waals surface area contributed by atoms with E-state index in [1.165, 1.54) is 31.3 Å². The smallest absolute Gasteiger partial charge is 0.135 e. The van der Waals surface area contributed by atoms with Crippen molar-refractivity contribution in [3.63, 3.8) is 0 Å². The molecular weight excluding hydrogens is 685 g/mol. The number of para-hydroxylation sites is 4. The first-order valence-electron chi connectivity index (χ1n) is 17.7. The molecule has 1 aliphatic heterocycles. The number of hydrogen-bond acceptors (Lipinski definition) is 5. The van der Waals surface area contributed by atoms with Gasteiger partial charge in [0.2, 0.25) is 0 Å². The minimum Gasteiger partial charge on any atom is -0.456 e. The van der Waals surface area contributed by atoms with Gasteiger partial charge in [0.1, 0.15) is 21.5 Å². The maximum absolute atomic E-state index is 6.74. The molecule has 0 fully saturated rings. The van der Waals surface area contributed by atoms with Gasteiger partial charge in [-0.25, -0.2) is 0 Å². The van der Waals surface area contributed by atoms with Crippen LogP contribution in [0.5, 0.6) is 11.5 Å². The van der Waals surface area contributed by atoms with Gasteiger partial charge in [0.05, 0.1) is 0 Å². The number of nitrogens with zero attached hydrogens (tertiary/aromatic N) is 2. The van der Waals surface area contributed by atoms with Crippen molar-refractivity contribution in [2.24, 2.45) is 0 Å². The number of rotatable bonds is 8. The Morgan fingerprint density at radius 1 is 0.358 bits per heavy atom. The van der Waals surface area contributed by atoms with E-state index in [0.29, 0.717) is 0 Å². The summed E-state index contributed by atoms with van der Waals surface area (Å²) in [6.07, 6.45) is 0. The van der Waals surface area contributed by atoms with Gasteiger partial charge in [0.25, 0.3) is 0 Å². The van der Waals surface area contributed by atoms with Crippen LogP contribution in [0.4, 0.5) is 32.8 Å². The molecule has 0 saturated carbocycles. The van der Waals surface area contributed by atoms with Crippen molar-refractivity contribution in [3.8, 4) is 43.5 Å². The van der Waals surface area contributed by atoms with Crippen LogP contribution in [0.2, 0.25) is 0 Å². The Hall–Kier alpha value is -6.40. The normalized spacial score (nSPS) is 11.5. The molecule has 0 atom stereocenters. The molecule has 7 aromatic carbocycles. The van der Waals surface area contributed by atoms with Crippen molar-refractivity contribution in [2.45, 2.75) is 0 Å². The highest BCUT2D eigenvalue weighted by Crippen LogP contribution is 2.52. The zero-order valence-corrected chi connectivity index (χ0v) is 30.2. The summed E-state index contributed by atoms with van der Waals surface area (Å²) in [5.41, 5.74) is 9.20.